The third-order valence-corrected chi connectivity index (χ3v) is 10.0. The number of nitrogens with one attached hydrogen (secondary N) is 2. The zero-order valence-electron chi connectivity index (χ0n) is 28.3. The summed E-state index contributed by atoms with van der Waals surface area (Å²) < 4.78 is 3.97. The highest BCUT2D eigenvalue weighted by Crippen LogP contribution is 2.43. The zero-order valence-corrected chi connectivity index (χ0v) is 31.5. The molecule has 0 saturated carbocycles. The van der Waals surface area contributed by atoms with Gasteiger partial charge in [-0.3, -0.25) is 20.6 Å². The van der Waals surface area contributed by atoms with Crippen LogP contribution in [-0.4, -0.2) is 22.3 Å². The average Bonchev–Trinajstić information content (AvgIpc) is 3.44. The number of halogens is 2. The third-order valence-electron chi connectivity index (χ3n) is 9.06. The maximum Gasteiger partial charge on any atom is 0.240 e. The number of fused-ring (bicyclic) bond motifs is 3. The fourth-order valence-corrected chi connectivity index (χ4v) is 7.43. The van der Waals surface area contributed by atoms with E-state index in [1.165, 1.54) is 0 Å². The van der Waals surface area contributed by atoms with Crippen LogP contribution in [0.15, 0.2) is 86.8 Å². The number of aromatic nitrogens is 1. The molecule has 2 N–H and O–H groups in total. The molecule has 0 aliphatic carbocycles. The first-order valence-electron chi connectivity index (χ1n) is 16.3. The van der Waals surface area contributed by atoms with E-state index in [-0.39, 0.29) is 35.3 Å². The SMILES string of the molecule is CC(C)c1cccc(C(C)C)c1N1C(=N)C(=N)N(c2c(C(C)C)cccc2C(C)C)C1=Nn1c2ccc(Br)cc2c2cc(Br)ccc21. The van der Waals surface area contributed by atoms with Gasteiger partial charge in [0.15, 0.2) is 11.7 Å². The minimum Gasteiger partial charge on any atom is -0.281 e. The molecule has 1 aromatic heterocycles. The molecule has 2 heterocycles. The van der Waals surface area contributed by atoms with Gasteiger partial charge >= 0.3 is 0 Å². The molecule has 6 nitrogen and oxygen atoms in total. The lowest BCUT2D eigenvalue weighted by atomic mass is 9.91. The number of benzene rings is 4. The molecule has 0 amide bonds. The lowest BCUT2D eigenvalue weighted by molar-refractivity contribution is 0.829. The van der Waals surface area contributed by atoms with Gasteiger partial charge in [0.2, 0.25) is 5.96 Å². The minimum absolute atomic E-state index is 0.110. The Balaban J connectivity index is 1.78. The van der Waals surface area contributed by atoms with Crippen molar-refractivity contribution in [2.75, 3.05) is 9.80 Å². The largest absolute Gasteiger partial charge is 0.281 e. The van der Waals surface area contributed by atoms with Crippen LogP contribution in [0.4, 0.5) is 11.4 Å². The van der Waals surface area contributed by atoms with Crippen LogP contribution >= 0.6 is 31.9 Å². The summed E-state index contributed by atoms with van der Waals surface area (Å²) in [6.45, 7) is 17.5. The Kier molecular flexibility index (Phi) is 8.96. The Morgan fingerprint density at radius 2 is 0.872 bits per heavy atom. The highest BCUT2D eigenvalue weighted by atomic mass is 79.9. The summed E-state index contributed by atoms with van der Waals surface area (Å²) in [6, 6.07) is 25.3. The van der Waals surface area contributed by atoms with Crippen molar-refractivity contribution in [1.29, 1.82) is 10.8 Å². The molecule has 47 heavy (non-hydrogen) atoms. The smallest absolute Gasteiger partial charge is 0.240 e. The van der Waals surface area contributed by atoms with Gasteiger partial charge in [-0.15, -0.1) is 5.10 Å². The van der Waals surface area contributed by atoms with Crippen molar-refractivity contribution in [3.63, 3.8) is 0 Å². The van der Waals surface area contributed by atoms with Crippen LogP contribution in [0.25, 0.3) is 21.8 Å². The topological polar surface area (TPSA) is 71.5 Å². The maximum absolute atomic E-state index is 9.66. The number of rotatable bonds is 7. The summed E-state index contributed by atoms with van der Waals surface area (Å²) >= 11 is 7.37. The molecule has 242 valence electrons. The van der Waals surface area contributed by atoms with Crippen molar-refractivity contribution >= 4 is 82.7 Å². The summed E-state index contributed by atoms with van der Waals surface area (Å²) in [6.07, 6.45) is 0. The Bertz CT molecular complexity index is 1890. The molecule has 1 fully saturated rings. The number of anilines is 2. The molecule has 1 aliphatic rings. The summed E-state index contributed by atoms with van der Waals surface area (Å²) in [5, 5.41) is 27.0. The highest BCUT2D eigenvalue weighted by Gasteiger charge is 2.43. The number of nitrogens with zero attached hydrogens (tertiary/aromatic N) is 4. The molecule has 5 aromatic rings. The monoisotopic (exact) mass is 752 g/mol. The van der Waals surface area contributed by atoms with Gasteiger partial charge < -0.3 is 0 Å². The second-order valence-corrected chi connectivity index (χ2v) is 15.4. The number of guanidine groups is 1. The summed E-state index contributed by atoms with van der Waals surface area (Å²) in [5.41, 5.74) is 8.27. The van der Waals surface area contributed by atoms with Crippen molar-refractivity contribution in [2.24, 2.45) is 5.10 Å². The standard InChI is InChI=1S/C39H42Br2N6/c1-21(2)27-11-9-12-28(22(3)4)35(27)45-37(42)38(43)46(36-29(23(5)6)13-10-14-30(36)24(7)8)39(45)44-47-33-17-15-25(40)19-31(33)32-20-26(41)16-18-34(32)47/h9-24,42-43H,1-8H3. The van der Waals surface area contributed by atoms with Crippen molar-refractivity contribution < 1.29 is 0 Å². The van der Waals surface area contributed by atoms with E-state index >= 15 is 0 Å². The van der Waals surface area contributed by atoms with Gasteiger partial charge in [-0.25, -0.2) is 4.68 Å². The number of para-hydroxylation sites is 2. The van der Waals surface area contributed by atoms with E-state index in [1.54, 1.807) is 0 Å². The quantitative estimate of drug-likeness (QED) is 0.174. The van der Waals surface area contributed by atoms with Gasteiger partial charge in [0.25, 0.3) is 0 Å². The predicted octanol–water partition coefficient (Wildman–Crippen LogP) is 11.9. The van der Waals surface area contributed by atoms with E-state index < -0.39 is 0 Å². The summed E-state index contributed by atoms with van der Waals surface area (Å²) in [4.78, 5) is 3.87. The third kappa shape index (κ3) is 5.63. The van der Waals surface area contributed by atoms with Crippen molar-refractivity contribution in [2.45, 2.75) is 79.1 Å². The van der Waals surface area contributed by atoms with Crippen LogP contribution in [0.1, 0.15) is 101 Å². The van der Waals surface area contributed by atoms with Gasteiger partial charge in [0.05, 0.1) is 22.4 Å². The molecule has 0 unspecified atom stereocenters. The molecule has 0 spiro atoms. The van der Waals surface area contributed by atoms with Crippen LogP contribution < -0.4 is 9.80 Å². The molecule has 4 aromatic carbocycles. The van der Waals surface area contributed by atoms with E-state index in [4.69, 9.17) is 5.10 Å². The molecule has 0 atom stereocenters. The molecular formula is C39H42Br2N6. The van der Waals surface area contributed by atoms with Crippen LogP contribution in [0.3, 0.4) is 0 Å². The lowest BCUT2D eigenvalue weighted by Gasteiger charge is -2.30. The van der Waals surface area contributed by atoms with Gasteiger partial charge in [0.1, 0.15) is 0 Å². The van der Waals surface area contributed by atoms with E-state index in [0.29, 0.717) is 5.96 Å². The maximum atomic E-state index is 9.66. The molecule has 0 bridgehead atoms. The molecule has 1 saturated heterocycles. The Labute approximate surface area is 294 Å². The second kappa shape index (κ2) is 12.7. The van der Waals surface area contributed by atoms with Gasteiger partial charge in [0, 0.05) is 19.7 Å². The fraction of sp³-hybridized carbons (Fsp3) is 0.308. The molecule has 1 aliphatic heterocycles. The normalized spacial score (nSPS) is 14.0. The van der Waals surface area contributed by atoms with Crippen molar-refractivity contribution in [3.05, 3.63) is 104 Å². The van der Waals surface area contributed by atoms with Gasteiger partial charge in [-0.1, -0.05) is 124 Å². The Hall–Kier alpha value is -3.75. The van der Waals surface area contributed by atoms with Crippen LogP contribution in [0.2, 0.25) is 0 Å². The van der Waals surface area contributed by atoms with E-state index in [0.717, 1.165) is 64.4 Å². The van der Waals surface area contributed by atoms with Crippen molar-refractivity contribution in [3.8, 4) is 0 Å². The summed E-state index contributed by atoms with van der Waals surface area (Å²) in [5.74, 6) is 1.51. The first kappa shape index (κ1) is 33.2. The van der Waals surface area contributed by atoms with Crippen LogP contribution in [0.5, 0.6) is 0 Å². The van der Waals surface area contributed by atoms with Crippen molar-refractivity contribution in [1.82, 2.24) is 4.68 Å². The first-order valence-corrected chi connectivity index (χ1v) is 17.9. The van der Waals surface area contributed by atoms with E-state index in [2.05, 4.69) is 148 Å². The number of hydrogen-bond donors (Lipinski definition) is 2. The average molecular weight is 755 g/mol. The number of hydrogen-bond acceptors (Lipinski definition) is 3. The lowest BCUT2D eigenvalue weighted by Crippen LogP contribution is -2.38. The molecular weight excluding hydrogens is 712 g/mol. The highest BCUT2D eigenvalue weighted by molar-refractivity contribution is 9.10. The molecule has 0 radical (unpaired) electrons. The zero-order chi connectivity index (χ0) is 33.9. The molecule has 6 rings (SSSR count). The van der Waals surface area contributed by atoms with E-state index in [1.807, 2.05) is 26.6 Å². The Morgan fingerprint density at radius 1 is 0.532 bits per heavy atom. The van der Waals surface area contributed by atoms with Gasteiger partial charge in [-0.05, 0) is 82.3 Å². The fourth-order valence-electron chi connectivity index (χ4n) is 6.71. The second-order valence-electron chi connectivity index (χ2n) is 13.6. The van der Waals surface area contributed by atoms with Crippen LogP contribution in [-0.2, 0) is 0 Å². The van der Waals surface area contributed by atoms with E-state index in [9.17, 15) is 10.8 Å². The van der Waals surface area contributed by atoms with Gasteiger partial charge in [-0.2, -0.15) is 0 Å². The predicted molar refractivity (Wildman–Crippen MR) is 207 cm³/mol. The minimum atomic E-state index is 0.110. The van der Waals surface area contributed by atoms with Crippen LogP contribution in [0, 0.1) is 10.8 Å². The Morgan fingerprint density at radius 3 is 1.19 bits per heavy atom. The summed E-state index contributed by atoms with van der Waals surface area (Å²) in [7, 11) is 0. The molecule has 8 heteroatoms. The number of amidine groups is 2. The first-order chi connectivity index (χ1) is 22.3.